The molecule has 2 atom stereocenters. The molecule has 1 heterocycles. The summed E-state index contributed by atoms with van der Waals surface area (Å²) in [6.45, 7) is 8.51. The van der Waals surface area contributed by atoms with Crippen molar-refractivity contribution in [1.82, 2.24) is 20.4 Å². The molecule has 1 aromatic heterocycles. The van der Waals surface area contributed by atoms with Crippen molar-refractivity contribution >= 4 is 29.9 Å². The summed E-state index contributed by atoms with van der Waals surface area (Å²) in [6, 6.07) is 2.42. The Hall–Kier alpha value is -0.790. The third-order valence-corrected chi connectivity index (χ3v) is 3.77. The predicted molar refractivity (Wildman–Crippen MR) is 110 cm³/mol. The van der Waals surface area contributed by atoms with E-state index in [0.29, 0.717) is 12.0 Å². The number of hydrogen-bond acceptors (Lipinski definition) is 2. The van der Waals surface area contributed by atoms with E-state index >= 15 is 0 Å². The van der Waals surface area contributed by atoms with Gasteiger partial charge in [0.15, 0.2) is 5.96 Å². The lowest BCUT2D eigenvalue weighted by atomic mass is 10.1. The van der Waals surface area contributed by atoms with Crippen molar-refractivity contribution in [3.8, 4) is 0 Å². The number of unbranched alkanes of at least 4 members (excludes halogenated alkanes) is 3. The Balaban J connectivity index is 0.00000484. The van der Waals surface area contributed by atoms with E-state index in [1.54, 1.807) is 0 Å². The molecule has 1 rings (SSSR count). The Bertz CT molecular complexity index is 405. The van der Waals surface area contributed by atoms with Gasteiger partial charge < -0.3 is 10.6 Å². The van der Waals surface area contributed by atoms with Crippen LogP contribution in [0.15, 0.2) is 23.5 Å². The molecule has 23 heavy (non-hydrogen) atoms. The molecule has 2 unspecified atom stereocenters. The second-order valence-corrected chi connectivity index (χ2v) is 6.18. The lowest BCUT2D eigenvalue weighted by Crippen LogP contribution is -2.44. The lowest BCUT2D eigenvalue weighted by molar-refractivity contribution is 0.441. The summed E-state index contributed by atoms with van der Waals surface area (Å²) in [7, 11) is 1.83. The fraction of sp³-hybridized carbons (Fsp3) is 0.765. The molecular weight excluding hydrogens is 401 g/mol. The molecule has 0 fully saturated rings. The minimum Gasteiger partial charge on any atom is -0.356 e. The van der Waals surface area contributed by atoms with Gasteiger partial charge in [0.1, 0.15) is 0 Å². The van der Waals surface area contributed by atoms with E-state index in [4.69, 9.17) is 0 Å². The van der Waals surface area contributed by atoms with Gasteiger partial charge >= 0.3 is 0 Å². The van der Waals surface area contributed by atoms with Gasteiger partial charge in [-0.1, -0.05) is 39.5 Å². The maximum Gasteiger partial charge on any atom is 0.191 e. The fourth-order valence-corrected chi connectivity index (χ4v) is 2.44. The first-order chi connectivity index (χ1) is 10.7. The van der Waals surface area contributed by atoms with Crippen LogP contribution < -0.4 is 10.6 Å². The van der Waals surface area contributed by atoms with Crippen LogP contribution in [0.3, 0.4) is 0 Å². The number of nitrogens with one attached hydrogen (secondary N) is 2. The van der Waals surface area contributed by atoms with E-state index in [-0.39, 0.29) is 24.0 Å². The molecule has 2 N–H and O–H groups in total. The zero-order valence-corrected chi connectivity index (χ0v) is 17.4. The average molecular weight is 435 g/mol. The van der Waals surface area contributed by atoms with Crippen molar-refractivity contribution in [1.29, 1.82) is 0 Å². The number of aromatic nitrogens is 2. The molecule has 0 aliphatic heterocycles. The van der Waals surface area contributed by atoms with Crippen LogP contribution in [-0.2, 0) is 6.54 Å². The van der Waals surface area contributed by atoms with E-state index in [1.165, 1.54) is 32.1 Å². The standard InChI is InChI=1S/C17H33N5.HI/c1-5-6-7-8-10-16(3)21-17(18-4)19-13-15(2)14-22-12-9-11-20-22;/h9,11-12,15-16H,5-8,10,13-14H2,1-4H3,(H2,18,19,21);1H. The molecule has 0 bridgehead atoms. The molecule has 0 aromatic carbocycles. The van der Waals surface area contributed by atoms with Crippen LogP contribution >= 0.6 is 24.0 Å². The molecular formula is C17H34IN5. The smallest absolute Gasteiger partial charge is 0.191 e. The number of nitrogens with zero attached hydrogens (tertiary/aromatic N) is 3. The van der Waals surface area contributed by atoms with Gasteiger partial charge in [0.25, 0.3) is 0 Å². The maximum atomic E-state index is 4.31. The molecule has 5 nitrogen and oxygen atoms in total. The summed E-state index contributed by atoms with van der Waals surface area (Å²) in [5, 5.41) is 11.1. The first-order valence-electron chi connectivity index (χ1n) is 8.60. The first kappa shape index (κ1) is 22.2. The van der Waals surface area contributed by atoms with Crippen LogP contribution in [0.1, 0.15) is 52.9 Å². The van der Waals surface area contributed by atoms with Crippen molar-refractivity contribution in [2.24, 2.45) is 10.9 Å². The zero-order chi connectivity index (χ0) is 16.2. The molecule has 0 radical (unpaired) electrons. The molecule has 134 valence electrons. The first-order valence-corrected chi connectivity index (χ1v) is 8.60. The van der Waals surface area contributed by atoms with Crippen LogP contribution in [0.4, 0.5) is 0 Å². The molecule has 0 aliphatic rings. The van der Waals surface area contributed by atoms with E-state index in [9.17, 15) is 0 Å². The lowest BCUT2D eigenvalue weighted by Gasteiger charge is -2.20. The zero-order valence-electron chi connectivity index (χ0n) is 15.1. The Kier molecular flexibility index (Phi) is 13.2. The van der Waals surface area contributed by atoms with Crippen LogP contribution in [0.2, 0.25) is 0 Å². The molecule has 6 heteroatoms. The second-order valence-electron chi connectivity index (χ2n) is 6.18. The number of halogens is 1. The summed E-state index contributed by atoms with van der Waals surface area (Å²) in [5.41, 5.74) is 0. The minimum atomic E-state index is 0. The van der Waals surface area contributed by atoms with Crippen molar-refractivity contribution in [3.63, 3.8) is 0 Å². The third-order valence-electron chi connectivity index (χ3n) is 3.77. The normalized spacial score (nSPS) is 14.0. The number of hydrogen-bond donors (Lipinski definition) is 2. The Labute approximate surface area is 158 Å². The molecule has 0 spiro atoms. The molecule has 0 amide bonds. The number of guanidine groups is 1. The average Bonchev–Trinajstić information content (AvgIpc) is 3.00. The van der Waals surface area contributed by atoms with Gasteiger partial charge in [-0.05, 0) is 25.3 Å². The van der Waals surface area contributed by atoms with Crippen molar-refractivity contribution in [2.45, 2.75) is 65.5 Å². The molecule has 0 saturated heterocycles. The second kappa shape index (κ2) is 13.6. The van der Waals surface area contributed by atoms with E-state index < -0.39 is 0 Å². The van der Waals surface area contributed by atoms with Gasteiger partial charge in [-0.15, -0.1) is 24.0 Å². The maximum absolute atomic E-state index is 4.31. The van der Waals surface area contributed by atoms with Gasteiger partial charge in [0, 0.05) is 38.6 Å². The van der Waals surface area contributed by atoms with Crippen molar-refractivity contribution < 1.29 is 0 Å². The highest BCUT2D eigenvalue weighted by molar-refractivity contribution is 14.0. The topological polar surface area (TPSA) is 54.2 Å². The van der Waals surface area contributed by atoms with Crippen molar-refractivity contribution in [2.75, 3.05) is 13.6 Å². The van der Waals surface area contributed by atoms with Gasteiger partial charge in [-0.2, -0.15) is 5.10 Å². The summed E-state index contributed by atoms with van der Waals surface area (Å²) >= 11 is 0. The van der Waals surface area contributed by atoms with E-state index in [0.717, 1.165) is 19.0 Å². The van der Waals surface area contributed by atoms with Crippen LogP contribution in [0.5, 0.6) is 0 Å². The van der Waals surface area contributed by atoms with Crippen LogP contribution in [-0.4, -0.2) is 35.4 Å². The van der Waals surface area contributed by atoms with Crippen molar-refractivity contribution in [3.05, 3.63) is 18.5 Å². The Morgan fingerprint density at radius 2 is 2.04 bits per heavy atom. The Morgan fingerprint density at radius 1 is 1.26 bits per heavy atom. The molecule has 0 saturated carbocycles. The highest BCUT2D eigenvalue weighted by atomic mass is 127. The van der Waals surface area contributed by atoms with Gasteiger partial charge in [-0.25, -0.2) is 0 Å². The van der Waals surface area contributed by atoms with Gasteiger partial charge in [0.2, 0.25) is 0 Å². The van der Waals surface area contributed by atoms with Crippen LogP contribution in [0, 0.1) is 5.92 Å². The summed E-state index contributed by atoms with van der Waals surface area (Å²) in [4.78, 5) is 4.31. The molecule has 0 aliphatic carbocycles. The highest BCUT2D eigenvalue weighted by Crippen LogP contribution is 2.05. The monoisotopic (exact) mass is 435 g/mol. The van der Waals surface area contributed by atoms with Gasteiger partial charge in [-0.3, -0.25) is 9.67 Å². The number of aliphatic imine (C=N–C) groups is 1. The molecule has 1 aromatic rings. The Morgan fingerprint density at radius 3 is 2.65 bits per heavy atom. The fourth-order valence-electron chi connectivity index (χ4n) is 2.44. The van der Waals surface area contributed by atoms with Crippen LogP contribution in [0.25, 0.3) is 0 Å². The summed E-state index contributed by atoms with van der Waals surface area (Å²) in [6.07, 6.45) is 10.3. The summed E-state index contributed by atoms with van der Waals surface area (Å²) in [5.74, 6) is 1.40. The highest BCUT2D eigenvalue weighted by Gasteiger charge is 2.08. The quantitative estimate of drug-likeness (QED) is 0.255. The number of rotatable bonds is 10. The third kappa shape index (κ3) is 10.6. The minimum absolute atomic E-state index is 0. The SMILES string of the molecule is CCCCCCC(C)NC(=NC)NCC(C)Cn1cccn1.I. The van der Waals surface area contributed by atoms with E-state index in [2.05, 4.69) is 41.5 Å². The van der Waals surface area contributed by atoms with Gasteiger partial charge in [0.05, 0.1) is 0 Å². The predicted octanol–water partition coefficient (Wildman–Crippen LogP) is 3.66. The largest absolute Gasteiger partial charge is 0.356 e. The summed E-state index contributed by atoms with van der Waals surface area (Å²) < 4.78 is 1.97. The van der Waals surface area contributed by atoms with E-state index in [1.807, 2.05) is 30.2 Å².